The highest BCUT2D eigenvalue weighted by Crippen LogP contribution is 2.29. The predicted octanol–water partition coefficient (Wildman–Crippen LogP) is 3.50. The Bertz CT molecular complexity index is 655. The van der Waals surface area contributed by atoms with Gasteiger partial charge in [-0.05, 0) is 58.2 Å². The Balaban J connectivity index is 1.90. The number of hydrogen-bond acceptors (Lipinski definition) is 3. The zero-order valence-corrected chi connectivity index (χ0v) is 12.6. The summed E-state index contributed by atoms with van der Waals surface area (Å²) in [5.41, 5.74) is 3.16. The number of pyridine rings is 1. The molecule has 1 amide bonds. The Labute approximate surface area is 126 Å². The minimum Gasteiger partial charge on any atom is -0.329 e. The summed E-state index contributed by atoms with van der Waals surface area (Å²) in [4.78, 5) is 17.8. The minimum absolute atomic E-state index is 0.0909. The Morgan fingerprint density at radius 1 is 1.25 bits per heavy atom. The molecule has 0 unspecified atom stereocenters. The molecule has 1 aliphatic rings. The summed E-state index contributed by atoms with van der Waals surface area (Å²) < 4.78 is 0.961. The molecule has 2 aromatic rings. The average molecular weight is 332 g/mol. The molecule has 1 aromatic heterocycles. The van der Waals surface area contributed by atoms with Gasteiger partial charge in [0.15, 0.2) is 0 Å². The third-order valence-corrected chi connectivity index (χ3v) is 3.90. The molecule has 1 aliphatic heterocycles. The van der Waals surface area contributed by atoms with Gasteiger partial charge in [0.2, 0.25) is 5.91 Å². The maximum absolute atomic E-state index is 11.4. The van der Waals surface area contributed by atoms with Crippen molar-refractivity contribution in [2.45, 2.75) is 12.8 Å². The maximum Gasteiger partial charge on any atom is 0.224 e. The molecule has 0 saturated carbocycles. The number of amides is 1. The molecule has 0 bridgehead atoms. The van der Waals surface area contributed by atoms with Crippen LogP contribution in [0, 0.1) is 0 Å². The summed E-state index contributed by atoms with van der Waals surface area (Å²) in [6.07, 6.45) is 3.12. The number of anilines is 3. The van der Waals surface area contributed by atoms with Gasteiger partial charge in [0.05, 0.1) is 0 Å². The van der Waals surface area contributed by atoms with Crippen LogP contribution in [0.4, 0.5) is 17.2 Å². The van der Waals surface area contributed by atoms with Crippen LogP contribution in [0.3, 0.4) is 0 Å². The first-order valence-corrected chi connectivity index (χ1v) is 7.21. The van der Waals surface area contributed by atoms with Crippen molar-refractivity contribution in [1.29, 1.82) is 0 Å². The number of rotatable bonds is 2. The first kappa shape index (κ1) is 13.1. The van der Waals surface area contributed by atoms with E-state index in [0.717, 1.165) is 28.1 Å². The lowest BCUT2D eigenvalue weighted by Crippen LogP contribution is -2.19. The Morgan fingerprint density at radius 3 is 2.85 bits per heavy atom. The molecular formula is C15H14BrN3O. The number of benzene rings is 1. The highest BCUT2D eigenvalue weighted by Gasteiger charge is 2.16. The Kier molecular flexibility index (Phi) is 3.44. The molecule has 1 aromatic carbocycles. The molecule has 5 heteroatoms. The number of fused-ring (bicyclic) bond motifs is 1. The number of carbonyl (C=O) groups is 1. The highest BCUT2D eigenvalue weighted by molar-refractivity contribution is 9.10. The van der Waals surface area contributed by atoms with Crippen molar-refractivity contribution >= 4 is 39.0 Å². The fraction of sp³-hybridized carbons (Fsp3) is 0.200. The van der Waals surface area contributed by atoms with Gasteiger partial charge in [0.1, 0.15) is 5.82 Å². The van der Waals surface area contributed by atoms with Crippen LogP contribution in [-0.2, 0) is 11.2 Å². The predicted molar refractivity (Wildman–Crippen MR) is 83.4 cm³/mol. The molecule has 4 nitrogen and oxygen atoms in total. The van der Waals surface area contributed by atoms with Gasteiger partial charge in [-0.1, -0.05) is 0 Å². The summed E-state index contributed by atoms with van der Waals surface area (Å²) in [6.45, 7) is 0. The number of halogens is 1. The zero-order chi connectivity index (χ0) is 14.1. The number of carbonyl (C=O) groups excluding carboxylic acids is 1. The molecule has 1 N–H and O–H groups in total. The Hall–Kier alpha value is -1.88. The van der Waals surface area contributed by atoms with Crippen molar-refractivity contribution in [2.24, 2.45) is 0 Å². The van der Waals surface area contributed by atoms with Gasteiger partial charge in [-0.3, -0.25) is 4.79 Å². The van der Waals surface area contributed by atoms with E-state index in [2.05, 4.69) is 32.3 Å². The fourth-order valence-corrected chi connectivity index (χ4v) is 2.51. The lowest BCUT2D eigenvalue weighted by molar-refractivity contribution is -0.116. The smallest absolute Gasteiger partial charge is 0.224 e. The second-order valence-electron chi connectivity index (χ2n) is 4.78. The van der Waals surface area contributed by atoms with E-state index in [1.165, 1.54) is 5.56 Å². The largest absolute Gasteiger partial charge is 0.329 e. The molecular weight excluding hydrogens is 318 g/mol. The fourth-order valence-electron chi connectivity index (χ4n) is 2.28. The summed E-state index contributed by atoms with van der Waals surface area (Å²) in [6, 6.07) is 9.99. The molecule has 3 rings (SSSR count). The molecule has 0 aliphatic carbocycles. The van der Waals surface area contributed by atoms with Gasteiger partial charge < -0.3 is 10.2 Å². The van der Waals surface area contributed by atoms with E-state index in [0.29, 0.717) is 6.42 Å². The second kappa shape index (κ2) is 5.25. The van der Waals surface area contributed by atoms with Crippen LogP contribution in [0.5, 0.6) is 0 Å². The van der Waals surface area contributed by atoms with Crippen LogP contribution >= 0.6 is 15.9 Å². The van der Waals surface area contributed by atoms with Gasteiger partial charge >= 0.3 is 0 Å². The number of nitrogens with zero attached hydrogens (tertiary/aromatic N) is 2. The van der Waals surface area contributed by atoms with Crippen molar-refractivity contribution in [2.75, 3.05) is 17.3 Å². The van der Waals surface area contributed by atoms with Gasteiger partial charge in [-0.2, -0.15) is 0 Å². The van der Waals surface area contributed by atoms with E-state index < -0.39 is 0 Å². The standard InChI is InChI=1S/C15H14BrN3O/c1-19(14-6-3-11(16)9-17-14)12-4-5-13-10(8-12)2-7-15(20)18-13/h3-6,8-9H,2,7H2,1H3,(H,18,20). The lowest BCUT2D eigenvalue weighted by atomic mass is 10.0. The maximum atomic E-state index is 11.4. The number of nitrogens with one attached hydrogen (secondary N) is 1. The minimum atomic E-state index is 0.0909. The van der Waals surface area contributed by atoms with E-state index in [1.807, 2.05) is 36.2 Å². The van der Waals surface area contributed by atoms with Crippen molar-refractivity contribution < 1.29 is 4.79 Å². The number of aromatic nitrogens is 1. The topological polar surface area (TPSA) is 45.2 Å². The number of hydrogen-bond donors (Lipinski definition) is 1. The van der Waals surface area contributed by atoms with E-state index in [1.54, 1.807) is 6.20 Å². The monoisotopic (exact) mass is 331 g/mol. The number of aryl methyl sites for hydroxylation is 1. The molecule has 0 radical (unpaired) electrons. The Morgan fingerprint density at radius 2 is 2.10 bits per heavy atom. The van der Waals surface area contributed by atoms with Gasteiger partial charge in [0, 0.05) is 35.5 Å². The van der Waals surface area contributed by atoms with Crippen molar-refractivity contribution in [1.82, 2.24) is 4.98 Å². The summed E-state index contributed by atoms with van der Waals surface area (Å²) in [7, 11) is 1.99. The summed E-state index contributed by atoms with van der Waals surface area (Å²) >= 11 is 3.38. The quantitative estimate of drug-likeness (QED) is 0.916. The SMILES string of the molecule is CN(c1ccc2c(c1)CCC(=O)N2)c1ccc(Br)cn1. The second-order valence-corrected chi connectivity index (χ2v) is 5.70. The third-order valence-electron chi connectivity index (χ3n) is 3.43. The molecule has 0 spiro atoms. The first-order valence-electron chi connectivity index (χ1n) is 6.41. The molecule has 0 fully saturated rings. The first-order chi connectivity index (χ1) is 9.63. The van der Waals surface area contributed by atoms with E-state index in [4.69, 9.17) is 0 Å². The van der Waals surface area contributed by atoms with E-state index in [9.17, 15) is 4.79 Å². The van der Waals surface area contributed by atoms with Crippen molar-refractivity contribution in [3.8, 4) is 0 Å². The third kappa shape index (κ3) is 2.54. The van der Waals surface area contributed by atoms with Crippen LogP contribution in [0.15, 0.2) is 41.0 Å². The van der Waals surface area contributed by atoms with Crippen molar-refractivity contribution in [3.63, 3.8) is 0 Å². The van der Waals surface area contributed by atoms with Crippen molar-refractivity contribution in [3.05, 3.63) is 46.6 Å². The van der Waals surface area contributed by atoms with Crippen LogP contribution < -0.4 is 10.2 Å². The van der Waals surface area contributed by atoms with Gasteiger partial charge in [-0.25, -0.2) is 4.98 Å². The van der Waals surface area contributed by atoms with Crippen LogP contribution in [0.1, 0.15) is 12.0 Å². The summed E-state index contributed by atoms with van der Waals surface area (Å²) in [5.74, 6) is 0.973. The summed E-state index contributed by atoms with van der Waals surface area (Å²) in [5, 5.41) is 2.89. The lowest BCUT2D eigenvalue weighted by Gasteiger charge is -2.22. The van der Waals surface area contributed by atoms with Crippen LogP contribution in [-0.4, -0.2) is 17.9 Å². The molecule has 20 heavy (non-hydrogen) atoms. The normalized spacial score (nSPS) is 13.6. The van der Waals surface area contributed by atoms with Gasteiger partial charge in [-0.15, -0.1) is 0 Å². The molecule has 0 saturated heterocycles. The zero-order valence-electron chi connectivity index (χ0n) is 11.1. The van der Waals surface area contributed by atoms with Gasteiger partial charge in [0.25, 0.3) is 0 Å². The highest BCUT2D eigenvalue weighted by atomic mass is 79.9. The molecule has 102 valence electrons. The van der Waals surface area contributed by atoms with E-state index >= 15 is 0 Å². The van der Waals surface area contributed by atoms with E-state index in [-0.39, 0.29) is 5.91 Å². The van der Waals surface area contributed by atoms with Crippen LogP contribution in [0.25, 0.3) is 0 Å². The average Bonchev–Trinajstić information content (AvgIpc) is 2.47. The molecule has 0 atom stereocenters. The van der Waals surface area contributed by atoms with Crippen LogP contribution in [0.2, 0.25) is 0 Å². The molecule has 2 heterocycles.